The lowest BCUT2D eigenvalue weighted by Crippen LogP contribution is -2.18. The van der Waals surface area contributed by atoms with Crippen molar-refractivity contribution >= 4 is 0 Å². The average molecular weight is 222 g/mol. The van der Waals surface area contributed by atoms with Gasteiger partial charge in [-0.2, -0.15) is 0 Å². The van der Waals surface area contributed by atoms with Crippen molar-refractivity contribution in [2.75, 3.05) is 0 Å². The summed E-state index contributed by atoms with van der Waals surface area (Å²) in [5, 5.41) is 0. The Kier molecular flexibility index (Phi) is 2.73. The zero-order valence-corrected chi connectivity index (χ0v) is 10.9. The molecule has 16 heavy (non-hydrogen) atoms. The molecule has 1 heteroatoms. The van der Waals surface area contributed by atoms with Crippen molar-refractivity contribution in [3.8, 4) is 0 Å². The smallest absolute Gasteiger partial charge is 0.0172 e. The molecule has 5 atom stereocenters. The molecule has 3 rings (SSSR count). The summed E-state index contributed by atoms with van der Waals surface area (Å²) in [6.45, 7) is 11.8. The molecule has 2 N–H and O–H groups in total. The van der Waals surface area contributed by atoms with Crippen molar-refractivity contribution in [1.82, 2.24) is 0 Å². The maximum absolute atomic E-state index is 4.35. The molecular formula is C15H26O. The minimum atomic E-state index is 0. The monoisotopic (exact) mass is 222 g/mol. The second-order valence-electron chi connectivity index (χ2n) is 6.89. The lowest BCUT2D eigenvalue weighted by molar-refractivity contribution is 0.280. The van der Waals surface area contributed by atoms with Crippen molar-refractivity contribution in [1.29, 1.82) is 0 Å². The Balaban J connectivity index is 0.000000963. The molecular weight excluding hydrogens is 196 g/mol. The Bertz CT molecular complexity index is 305. The van der Waals surface area contributed by atoms with Gasteiger partial charge in [-0.3, -0.25) is 0 Å². The summed E-state index contributed by atoms with van der Waals surface area (Å²) in [5.41, 5.74) is 2.25. The topological polar surface area (TPSA) is 31.5 Å². The van der Waals surface area contributed by atoms with Gasteiger partial charge in [-0.25, -0.2) is 0 Å². The van der Waals surface area contributed by atoms with Crippen LogP contribution in [0, 0.1) is 35.0 Å². The highest BCUT2D eigenvalue weighted by Gasteiger charge is 2.64. The molecule has 0 heterocycles. The fourth-order valence-electron chi connectivity index (χ4n) is 4.93. The summed E-state index contributed by atoms with van der Waals surface area (Å²) in [6, 6.07) is 0. The number of fused-ring (bicyclic) bond motifs is 3. The Morgan fingerprint density at radius 2 is 1.88 bits per heavy atom. The molecule has 92 valence electrons. The van der Waals surface area contributed by atoms with Crippen LogP contribution in [0.4, 0.5) is 0 Å². The minimum absolute atomic E-state index is 0. The zero-order chi connectivity index (χ0) is 10.8. The summed E-state index contributed by atoms with van der Waals surface area (Å²) in [6.07, 6.45) is 5.63. The van der Waals surface area contributed by atoms with Crippen LogP contribution >= 0.6 is 0 Å². The van der Waals surface area contributed by atoms with Crippen molar-refractivity contribution < 1.29 is 5.48 Å². The second-order valence-corrected chi connectivity index (χ2v) is 6.89. The van der Waals surface area contributed by atoms with Crippen molar-refractivity contribution in [2.24, 2.45) is 35.0 Å². The van der Waals surface area contributed by atoms with Gasteiger partial charge in [-0.05, 0) is 60.7 Å². The molecule has 0 unspecified atom stereocenters. The van der Waals surface area contributed by atoms with Crippen molar-refractivity contribution in [3.63, 3.8) is 0 Å². The van der Waals surface area contributed by atoms with Gasteiger partial charge in [0.1, 0.15) is 0 Å². The minimum Gasteiger partial charge on any atom is -0.412 e. The van der Waals surface area contributed by atoms with Crippen LogP contribution in [-0.2, 0) is 0 Å². The highest BCUT2D eigenvalue weighted by Crippen LogP contribution is 2.70. The van der Waals surface area contributed by atoms with E-state index in [4.69, 9.17) is 0 Å². The van der Waals surface area contributed by atoms with E-state index in [9.17, 15) is 0 Å². The third kappa shape index (κ3) is 1.40. The third-order valence-corrected chi connectivity index (χ3v) is 5.91. The normalized spacial score (nSPS) is 48.7. The molecule has 0 aliphatic heterocycles. The first kappa shape index (κ1) is 12.2. The molecule has 0 bridgehead atoms. The highest BCUT2D eigenvalue weighted by molar-refractivity contribution is 5.20. The maximum atomic E-state index is 4.35. The third-order valence-electron chi connectivity index (χ3n) is 5.91. The Morgan fingerprint density at radius 3 is 2.56 bits per heavy atom. The van der Waals surface area contributed by atoms with Crippen molar-refractivity contribution in [3.05, 3.63) is 12.2 Å². The van der Waals surface area contributed by atoms with E-state index in [2.05, 4.69) is 27.4 Å². The number of hydrogen-bond donors (Lipinski definition) is 0. The molecule has 0 aromatic carbocycles. The molecule has 3 aliphatic carbocycles. The maximum Gasteiger partial charge on any atom is -0.0172 e. The predicted molar refractivity (Wildman–Crippen MR) is 68.1 cm³/mol. The molecule has 3 fully saturated rings. The van der Waals surface area contributed by atoms with Crippen LogP contribution in [0.1, 0.15) is 46.5 Å². The quantitative estimate of drug-likeness (QED) is 0.562. The van der Waals surface area contributed by atoms with Gasteiger partial charge in [0, 0.05) is 0 Å². The molecule has 3 aliphatic rings. The second kappa shape index (κ2) is 3.60. The van der Waals surface area contributed by atoms with E-state index in [1.54, 1.807) is 5.57 Å². The largest absolute Gasteiger partial charge is 0.412 e. The molecule has 0 aromatic heterocycles. The summed E-state index contributed by atoms with van der Waals surface area (Å²) >= 11 is 0. The fraction of sp³-hybridized carbons (Fsp3) is 0.867. The standard InChI is InChI=1S/C15H24.H2O/c1-9-6-8-12-14(15(12,3)4)13-10(2)5-7-11(9)13;/h10-14H,1,5-8H2,2-4H3;1H2/t10-,11+,12-,13-,14-;/m1./s1. The molecule has 0 saturated heterocycles. The lowest BCUT2D eigenvalue weighted by atomic mass is 9.80. The average Bonchev–Trinajstić information content (AvgIpc) is 2.55. The summed E-state index contributed by atoms with van der Waals surface area (Å²) < 4.78 is 0. The Morgan fingerprint density at radius 1 is 1.19 bits per heavy atom. The van der Waals surface area contributed by atoms with Crippen LogP contribution in [0.3, 0.4) is 0 Å². The highest BCUT2D eigenvalue weighted by atomic mass is 16.0. The predicted octanol–water partition coefficient (Wildman–Crippen LogP) is 3.45. The van der Waals surface area contributed by atoms with Gasteiger partial charge in [-0.1, -0.05) is 32.9 Å². The Labute approximate surface area is 99.6 Å². The van der Waals surface area contributed by atoms with Gasteiger partial charge in [0.05, 0.1) is 0 Å². The molecule has 0 aromatic rings. The van der Waals surface area contributed by atoms with Crippen LogP contribution in [0.5, 0.6) is 0 Å². The van der Waals surface area contributed by atoms with E-state index >= 15 is 0 Å². The first-order valence-corrected chi connectivity index (χ1v) is 6.71. The van der Waals surface area contributed by atoms with Crippen LogP contribution in [0.15, 0.2) is 12.2 Å². The van der Waals surface area contributed by atoms with Crippen LogP contribution in [0.25, 0.3) is 0 Å². The number of rotatable bonds is 0. The lowest BCUT2D eigenvalue weighted by Gasteiger charge is -2.25. The van der Waals surface area contributed by atoms with Gasteiger partial charge in [0.2, 0.25) is 0 Å². The van der Waals surface area contributed by atoms with Gasteiger partial charge >= 0.3 is 0 Å². The number of hydrogen-bond acceptors (Lipinski definition) is 0. The van der Waals surface area contributed by atoms with E-state index in [1.807, 2.05) is 0 Å². The fourth-order valence-corrected chi connectivity index (χ4v) is 4.93. The zero-order valence-electron chi connectivity index (χ0n) is 10.9. The van der Waals surface area contributed by atoms with Gasteiger partial charge in [-0.15, -0.1) is 0 Å². The van der Waals surface area contributed by atoms with Crippen LogP contribution < -0.4 is 0 Å². The van der Waals surface area contributed by atoms with E-state index in [0.717, 1.165) is 29.6 Å². The molecule has 3 saturated carbocycles. The summed E-state index contributed by atoms with van der Waals surface area (Å²) in [7, 11) is 0. The first-order chi connectivity index (χ1) is 7.03. The molecule has 0 spiro atoms. The van der Waals surface area contributed by atoms with Gasteiger partial charge < -0.3 is 5.48 Å². The van der Waals surface area contributed by atoms with E-state index in [-0.39, 0.29) is 5.48 Å². The number of allylic oxidation sites excluding steroid dienone is 1. The van der Waals surface area contributed by atoms with Gasteiger partial charge in [0.25, 0.3) is 0 Å². The first-order valence-electron chi connectivity index (χ1n) is 6.71. The van der Waals surface area contributed by atoms with E-state index in [0.29, 0.717) is 5.41 Å². The van der Waals surface area contributed by atoms with Crippen LogP contribution in [-0.4, -0.2) is 5.48 Å². The summed E-state index contributed by atoms with van der Waals surface area (Å²) in [4.78, 5) is 0. The van der Waals surface area contributed by atoms with E-state index in [1.165, 1.54) is 25.7 Å². The van der Waals surface area contributed by atoms with Gasteiger partial charge in [0.15, 0.2) is 0 Å². The van der Waals surface area contributed by atoms with Crippen molar-refractivity contribution in [2.45, 2.75) is 46.5 Å². The SMILES string of the molecule is C=C1CC[C@@H]2[C@H]([C@@H]3[C@H](C)CC[C@@H]13)C2(C)C.O. The molecule has 1 nitrogen and oxygen atoms in total. The Hall–Kier alpha value is -0.300. The molecule has 0 amide bonds. The summed E-state index contributed by atoms with van der Waals surface area (Å²) in [5.74, 6) is 4.87. The van der Waals surface area contributed by atoms with E-state index < -0.39 is 0 Å². The molecule has 0 radical (unpaired) electrons. The van der Waals surface area contributed by atoms with Crippen LogP contribution in [0.2, 0.25) is 0 Å².